The Balaban J connectivity index is 1.56. The van der Waals surface area contributed by atoms with Crippen LogP contribution in [0.3, 0.4) is 0 Å². The first-order valence-electron chi connectivity index (χ1n) is 13.4. The Labute approximate surface area is 234 Å². The van der Waals surface area contributed by atoms with E-state index < -0.39 is 5.97 Å². The van der Waals surface area contributed by atoms with Crippen molar-refractivity contribution in [1.82, 2.24) is 5.32 Å². The van der Waals surface area contributed by atoms with E-state index in [-0.39, 0.29) is 22.7 Å². The summed E-state index contributed by atoms with van der Waals surface area (Å²) < 4.78 is 30.6. The second-order valence-corrected chi connectivity index (χ2v) is 11.2. The molecular weight excluding hydrogens is 507 g/mol. The fourth-order valence-corrected chi connectivity index (χ4v) is 6.08. The van der Waals surface area contributed by atoms with Gasteiger partial charge < -0.3 is 19.2 Å². The highest BCUT2D eigenvalue weighted by Crippen LogP contribution is 2.47. The summed E-state index contributed by atoms with van der Waals surface area (Å²) in [6.45, 7) is 11.2. The maximum atomic E-state index is 14.1. The third kappa shape index (κ3) is 5.34. The highest BCUT2D eigenvalue weighted by Gasteiger charge is 2.42. The molecule has 2 heterocycles. The zero-order valence-electron chi connectivity index (χ0n) is 23.8. The number of furan rings is 1. The van der Waals surface area contributed by atoms with E-state index in [0.29, 0.717) is 18.0 Å². The Morgan fingerprint density at radius 2 is 1.93 bits per heavy atom. The number of hydrogen-bond acceptors (Lipinski definition) is 6. The van der Waals surface area contributed by atoms with Gasteiger partial charge in [0.05, 0.1) is 13.4 Å². The number of aryl methyl sites for hydroxylation is 1. The van der Waals surface area contributed by atoms with Crippen LogP contribution in [0.15, 0.2) is 88.1 Å². The molecule has 1 aromatic heterocycles. The molecule has 5 rings (SSSR count). The number of nitrogens with one attached hydrogen (secondary N) is 2. The molecule has 1 aliphatic carbocycles. The number of fused-ring (bicyclic) bond motifs is 1. The Bertz CT molecular complexity index is 1550. The van der Waals surface area contributed by atoms with Crippen LogP contribution >= 0.6 is 0 Å². The van der Waals surface area contributed by atoms with Crippen molar-refractivity contribution in [2.45, 2.75) is 52.1 Å². The number of carbonyl (C=O) groups is 1. The Kier molecular flexibility index (Phi) is 7.19. The molecule has 0 bridgehead atoms. The standard InChI is InChI=1S/C33H35FN2O4/c1-20-9-10-22(34)16-27(20)35-19-26-24(13-14-33(5)30(26)21(2)18-32(3,4)36-33)25-12-11-23(17-29(25)38-6)40-31(37)28-8-7-15-39-28/h7-13,15-18,35-36H,14,19H2,1-6H3. The minimum absolute atomic E-state index is 0.123. The molecule has 2 N–H and O–H groups in total. The molecular formula is C33H35FN2O4. The van der Waals surface area contributed by atoms with E-state index in [4.69, 9.17) is 13.9 Å². The van der Waals surface area contributed by atoms with E-state index >= 15 is 0 Å². The highest BCUT2D eigenvalue weighted by molar-refractivity contribution is 5.89. The quantitative estimate of drug-likeness (QED) is 0.242. The Morgan fingerprint density at radius 3 is 2.65 bits per heavy atom. The number of methoxy groups -OCH3 is 1. The number of halogens is 1. The number of carbonyl (C=O) groups excluding carboxylic acids is 1. The maximum absolute atomic E-state index is 14.1. The number of hydrogen-bond donors (Lipinski definition) is 2. The average Bonchev–Trinajstić information content (AvgIpc) is 3.43. The Morgan fingerprint density at radius 1 is 1.12 bits per heavy atom. The van der Waals surface area contributed by atoms with Crippen molar-refractivity contribution < 1.29 is 23.1 Å². The monoisotopic (exact) mass is 542 g/mol. The summed E-state index contributed by atoms with van der Waals surface area (Å²) >= 11 is 0. The number of benzene rings is 2. The summed E-state index contributed by atoms with van der Waals surface area (Å²) in [5.41, 5.74) is 6.66. The van der Waals surface area contributed by atoms with Gasteiger partial charge in [0.2, 0.25) is 5.76 Å². The van der Waals surface area contributed by atoms with Crippen molar-refractivity contribution in [3.05, 3.63) is 106 Å². The van der Waals surface area contributed by atoms with E-state index in [1.54, 1.807) is 37.4 Å². The van der Waals surface area contributed by atoms with Gasteiger partial charge in [0.25, 0.3) is 0 Å². The van der Waals surface area contributed by atoms with Crippen LogP contribution in [-0.2, 0) is 0 Å². The largest absolute Gasteiger partial charge is 0.496 e. The molecule has 0 fully saturated rings. The molecule has 6 nitrogen and oxygen atoms in total. The molecule has 1 atom stereocenters. The SMILES string of the molecule is COc1cc(OC(=O)c2ccco2)ccc1C1=CCC2(C)NC(C)(C)C=C(C)C2=C1CNc1cc(F)ccc1C. The summed E-state index contributed by atoms with van der Waals surface area (Å²) in [7, 11) is 1.60. The van der Waals surface area contributed by atoms with Crippen LogP contribution in [-0.4, -0.2) is 30.7 Å². The highest BCUT2D eigenvalue weighted by atomic mass is 19.1. The smallest absolute Gasteiger partial charge is 0.379 e. The first-order chi connectivity index (χ1) is 19.0. The van der Waals surface area contributed by atoms with E-state index in [2.05, 4.69) is 50.5 Å². The summed E-state index contributed by atoms with van der Waals surface area (Å²) in [5, 5.41) is 7.32. The predicted octanol–water partition coefficient (Wildman–Crippen LogP) is 7.24. The van der Waals surface area contributed by atoms with Crippen molar-refractivity contribution in [3.8, 4) is 11.5 Å². The molecule has 0 amide bonds. The van der Waals surface area contributed by atoms with Crippen LogP contribution in [0.1, 0.15) is 55.8 Å². The zero-order valence-corrected chi connectivity index (χ0v) is 23.8. The zero-order chi connectivity index (χ0) is 28.7. The molecule has 1 aliphatic heterocycles. The fraction of sp³-hybridized carbons (Fsp3) is 0.303. The lowest BCUT2D eigenvalue weighted by molar-refractivity contribution is 0.0701. The molecule has 208 valence electrons. The van der Waals surface area contributed by atoms with Crippen molar-refractivity contribution in [2.75, 3.05) is 19.0 Å². The Hall–Kier alpha value is -4.10. The molecule has 3 aromatic rings. The van der Waals surface area contributed by atoms with Crippen LogP contribution in [0.5, 0.6) is 11.5 Å². The molecule has 0 saturated carbocycles. The molecule has 1 unspecified atom stereocenters. The van der Waals surface area contributed by atoms with Gasteiger partial charge in [-0.15, -0.1) is 0 Å². The molecule has 0 radical (unpaired) electrons. The van der Waals surface area contributed by atoms with Gasteiger partial charge in [-0.25, -0.2) is 9.18 Å². The number of ether oxygens (including phenoxy) is 2. The lowest BCUT2D eigenvalue weighted by Crippen LogP contribution is -2.58. The first kappa shape index (κ1) is 27.5. The van der Waals surface area contributed by atoms with Gasteiger partial charge in [-0.1, -0.05) is 18.2 Å². The normalized spacial score (nSPS) is 19.9. The lowest BCUT2D eigenvalue weighted by Gasteiger charge is -2.48. The topological polar surface area (TPSA) is 72.7 Å². The third-order valence-corrected chi connectivity index (χ3v) is 7.51. The molecule has 2 aromatic carbocycles. The van der Waals surface area contributed by atoms with E-state index in [9.17, 15) is 9.18 Å². The van der Waals surface area contributed by atoms with Crippen LogP contribution in [0.4, 0.5) is 10.1 Å². The van der Waals surface area contributed by atoms with Crippen molar-refractivity contribution >= 4 is 17.2 Å². The predicted molar refractivity (Wildman–Crippen MR) is 155 cm³/mol. The number of esters is 1. The van der Waals surface area contributed by atoms with Crippen LogP contribution < -0.4 is 20.1 Å². The minimum Gasteiger partial charge on any atom is -0.496 e. The summed E-state index contributed by atoms with van der Waals surface area (Å²) in [6.07, 6.45) is 6.69. The summed E-state index contributed by atoms with van der Waals surface area (Å²) in [5.74, 6) is 0.182. The molecule has 7 heteroatoms. The molecule has 0 spiro atoms. The van der Waals surface area contributed by atoms with Crippen molar-refractivity contribution in [2.24, 2.45) is 0 Å². The number of rotatable bonds is 7. The van der Waals surface area contributed by atoms with E-state index in [1.165, 1.54) is 29.5 Å². The van der Waals surface area contributed by atoms with Gasteiger partial charge in [-0.3, -0.25) is 5.32 Å². The fourth-order valence-electron chi connectivity index (χ4n) is 6.08. The van der Waals surface area contributed by atoms with Gasteiger partial charge >= 0.3 is 5.97 Å². The maximum Gasteiger partial charge on any atom is 0.379 e. The minimum atomic E-state index is -0.582. The van der Waals surface area contributed by atoms with E-state index in [1.807, 2.05) is 13.0 Å². The van der Waals surface area contributed by atoms with Crippen LogP contribution in [0.2, 0.25) is 0 Å². The van der Waals surface area contributed by atoms with Crippen LogP contribution in [0.25, 0.3) is 5.57 Å². The van der Waals surface area contributed by atoms with Crippen molar-refractivity contribution in [3.63, 3.8) is 0 Å². The van der Waals surface area contributed by atoms with Gasteiger partial charge in [0, 0.05) is 34.9 Å². The third-order valence-electron chi connectivity index (χ3n) is 7.51. The second-order valence-electron chi connectivity index (χ2n) is 11.2. The van der Waals surface area contributed by atoms with Gasteiger partial charge in [0.15, 0.2) is 0 Å². The van der Waals surface area contributed by atoms with Crippen LogP contribution in [0, 0.1) is 12.7 Å². The second kappa shape index (κ2) is 10.5. The van der Waals surface area contributed by atoms with E-state index in [0.717, 1.165) is 34.4 Å². The molecule has 40 heavy (non-hydrogen) atoms. The van der Waals surface area contributed by atoms with Gasteiger partial charge in [-0.05, 0) is 105 Å². The average molecular weight is 543 g/mol. The first-order valence-corrected chi connectivity index (χ1v) is 13.4. The number of anilines is 1. The van der Waals surface area contributed by atoms with Gasteiger partial charge in [0.1, 0.15) is 17.3 Å². The summed E-state index contributed by atoms with van der Waals surface area (Å²) in [6, 6.07) is 13.3. The van der Waals surface area contributed by atoms with Gasteiger partial charge in [-0.2, -0.15) is 0 Å². The van der Waals surface area contributed by atoms with Crippen molar-refractivity contribution in [1.29, 1.82) is 0 Å². The molecule has 2 aliphatic rings. The molecule has 0 saturated heterocycles. The lowest BCUT2D eigenvalue weighted by atomic mass is 9.69. The summed E-state index contributed by atoms with van der Waals surface area (Å²) in [4.78, 5) is 12.4.